The molecule has 1 aromatic carbocycles. The minimum absolute atomic E-state index is 0.0274. The fourth-order valence-electron chi connectivity index (χ4n) is 4.25. The molecule has 0 aromatic heterocycles. The molecule has 4 nitrogen and oxygen atoms in total. The number of nitrogens with zero attached hydrogens (tertiary/aromatic N) is 1. The number of hydrogen-bond acceptors (Lipinski definition) is 3. The van der Waals surface area contributed by atoms with Gasteiger partial charge in [0.05, 0.1) is 5.37 Å². The van der Waals surface area contributed by atoms with Crippen molar-refractivity contribution in [2.45, 2.75) is 69.3 Å². The van der Waals surface area contributed by atoms with Crippen molar-refractivity contribution in [3.63, 3.8) is 0 Å². The predicted molar refractivity (Wildman–Crippen MR) is 105 cm³/mol. The summed E-state index contributed by atoms with van der Waals surface area (Å²) in [5.74, 6) is 1.30. The SMILES string of the molecule is Cc1ccccc1C(=O)N1[C@@H](C2CCCCC2)SC[C@H]1C(=O)NC1CC1. The normalized spacial score (nSPS) is 26.7. The van der Waals surface area contributed by atoms with E-state index in [1.165, 1.54) is 32.1 Å². The van der Waals surface area contributed by atoms with E-state index in [1.807, 2.05) is 47.9 Å². The minimum Gasteiger partial charge on any atom is -0.352 e. The van der Waals surface area contributed by atoms with Gasteiger partial charge in [-0.3, -0.25) is 9.59 Å². The molecule has 0 radical (unpaired) electrons. The van der Waals surface area contributed by atoms with Crippen LogP contribution in [0.4, 0.5) is 0 Å². The highest BCUT2D eigenvalue weighted by Crippen LogP contribution is 2.41. The molecule has 2 atom stereocenters. The van der Waals surface area contributed by atoms with Gasteiger partial charge in [0, 0.05) is 17.4 Å². The number of aryl methyl sites for hydroxylation is 1. The average molecular weight is 373 g/mol. The standard InChI is InChI=1S/C21H28N2O2S/c1-14-7-5-6-10-17(14)20(25)23-18(19(24)22-16-11-12-16)13-26-21(23)15-8-3-2-4-9-15/h5-7,10,15-16,18,21H,2-4,8-9,11-13H2,1H3,(H,22,24)/t18-,21+/m0/s1. The molecule has 1 aliphatic heterocycles. The lowest BCUT2D eigenvalue weighted by molar-refractivity contribution is -0.125. The molecular formula is C21H28N2O2S. The lowest BCUT2D eigenvalue weighted by Crippen LogP contribution is -2.52. The van der Waals surface area contributed by atoms with Gasteiger partial charge in [-0.05, 0) is 50.2 Å². The first-order valence-electron chi connectivity index (χ1n) is 9.95. The van der Waals surface area contributed by atoms with Gasteiger partial charge in [0.25, 0.3) is 5.91 Å². The summed E-state index contributed by atoms with van der Waals surface area (Å²) in [6, 6.07) is 7.75. The maximum absolute atomic E-state index is 13.5. The Morgan fingerprint density at radius 3 is 2.50 bits per heavy atom. The summed E-state index contributed by atoms with van der Waals surface area (Å²) in [5.41, 5.74) is 1.72. The fourth-order valence-corrected chi connectivity index (χ4v) is 5.89. The van der Waals surface area contributed by atoms with Gasteiger partial charge in [-0.15, -0.1) is 11.8 Å². The van der Waals surface area contributed by atoms with Crippen molar-refractivity contribution in [1.82, 2.24) is 10.2 Å². The Hall–Kier alpha value is -1.49. The van der Waals surface area contributed by atoms with Gasteiger partial charge < -0.3 is 10.2 Å². The van der Waals surface area contributed by atoms with Crippen molar-refractivity contribution in [2.75, 3.05) is 5.75 Å². The Morgan fingerprint density at radius 2 is 1.81 bits per heavy atom. The molecule has 0 unspecified atom stereocenters. The highest BCUT2D eigenvalue weighted by Gasteiger charge is 2.46. The summed E-state index contributed by atoms with van der Waals surface area (Å²) in [7, 11) is 0. The van der Waals surface area contributed by atoms with Crippen LogP contribution in [0.2, 0.25) is 0 Å². The van der Waals surface area contributed by atoms with Crippen LogP contribution in [0.15, 0.2) is 24.3 Å². The third kappa shape index (κ3) is 3.64. The van der Waals surface area contributed by atoms with E-state index < -0.39 is 0 Å². The highest BCUT2D eigenvalue weighted by molar-refractivity contribution is 8.00. The van der Waals surface area contributed by atoms with Crippen molar-refractivity contribution in [3.8, 4) is 0 Å². The molecule has 3 fully saturated rings. The smallest absolute Gasteiger partial charge is 0.255 e. The number of thioether (sulfide) groups is 1. The van der Waals surface area contributed by atoms with Gasteiger partial charge in [-0.1, -0.05) is 37.5 Å². The van der Waals surface area contributed by atoms with E-state index in [0.717, 1.165) is 29.7 Å². The second kappa shape index (κ2) is 7.63. The Bertz CT molecular complexity index is 682. The van der Waals surface area contributed by atoms with Crippen molar-refractivity contribution < 1.29 is 9.59 Å². The number of rotatable bonds is 4. The van der Waals surface area contributed by atoms with E-state index in [9.17, 15) is 9.59 Å². The number of amides is 2. The minimum atomic E-state index is -0.334. The summed E-state index contributed by atoms with van der Waals surface area (Å²) >= 11 is 1.81. The molecule has 2 saturated carbocycles. The molecule has 3 aliphatic rings. The molecule has 1 heterocycles. The first kappa shape index (κ1) is 17.9. The molecule has 5 heteroatoms. The molecule has 0 bridgehead atoms. The second-order valence-electron chi connectivity index (χ2n) is 7.95. The van der Waals surface area contributed by atoms with Crippen LogP contribution in [0.1, 0.15) is 60.9 Å². The zero-order valence-corrected chi connectivity index (χ0v) is 16.3. The van der Waals surface area contributed by atoms with Crippen molar-refractivity contribution >= 4 is 23.6 Å². The lowest BCUT2D eigenvalue weighted by Gasteiger charge is -2.35. The molecule has 26 heavy (non-hydrogen) atoms. The van der Waals surface area contributed by atoms with E-state index in [0.29, 0.717) is 12.0 Å². The molecule has 1 aromatic rings. The monoisotopic (exact) mass is 372 g/mol. The van der Waals surface area contributed by atoms with Crippen molar-refractivity contribution in [1.29, 1.82) is 0 Å². The van der Waals surface area contributed by atoms with Crippen LogP contribution in [-0.2, 0) is 4.79 Å². The Labute approximate surface area is 160 Å². The molecule has 4 rings (SSSR count). The second-order valence-corrected chi connectivity index (χ2v) is 9.10. The van der Waals surface area contributed by atoms with Gasteiger partial charge in [0.15, 0.2) is 0 Å². The van der Waals surface area contributed by atoms with Crippen LogP contribution < -0.4 is 5.32 Å². The molecule has 0 spiro atoms. The number of carbonyl (C=O) groups is 2. The molecule has 2 amide bonds. The van der Waals surface area contributed by atoms with Gasteiger partial charge in [-0.2, -0.15) is 0 Å². The van der Waals surface area contributed by atoms with Gasteiger partial charge >= 0.3 is 0 Å². The topological polar surface area (TPSA) is 49.4 Å². The number of nitrogens with one attached hydrogen (secondary N) is 1. The van der Waals surface area contributed by atoms with E-state index in [4.69, 9.17) is 0 Å². The summed E-state index contributed by atoms with van der Waals surface area (Å²) in [5, 5.41) is 3.26. The van der Waals surface area contributed by atoms with Crippen LogP contribution in [0.3, 0.4) is 0 Å². The summed E-state index contributed by atoms with van der Waals surface area (Å²) in [6.45, 7) is 1.98. The zero-order chi connectivity index (χ0) is 18.1. The Morgan fingerprint density at radius 1 is 1.08 bits per heavy atom. The predicted octanol–water partition coefficient (Wildman–Crippen LogP) is 3.74. The largest absolute Gasteiger partial charge is 0.352 e. The first-order chi connectivity index (χ1) is 12.6. The number of hydrogen-bond donors (Lipinski definition) is 1. The van der Waals surface area contributed by atoms with Crippen molar-refractivity contribution in [2.24, 2.45) is 5.92 Å². The zero-order valence-electron chi connectivity index (χ0n) is 15.4. The molecule has 2 aliphatic carbocycles. The third-order valence-corrected chi connectivity index (χ3v) is 7.39. The van der Waals surface area contributed by atoms with Crippen LogP contribution in [0, 0.1) is 12.8 Å². The highest BCUT2D eigenvalue weighted by atomic mass is 32.2. The molecule has 1 N–H and O–H groups in total. The van der Waals surface area contributed by atoms with Crippen LogP contribution >= 0.6 is 11.8 Å². The van der Waals surface area contributed by atoms with Crippen LogP contribution in [0.5, 0.6) is 0 Å². The molecule has 140 valence electrons. The van der Waals surface area contributed by atoms with E-state index in [-0.39, 0.29) is 23.2 Å². The Balaban J connectivity index is 1.61. The first-order valence-corrected chi connectivity index (χ1v) is 11.0. The van der Waals surface area contributed by atoms with Crippen LogP contribution in [0.25, 0.3) is 0 Å². The number of carbonyl (C=O) groups excluding carboxylic acids is 2. The van der Waals surface area contributed by atoms with E-state index in [1.54, 1.807) is 0 Å². The number of benzene rings is 1. The molecular weight excluding hydrogens is 344 g/mol. The average Bonchev–Trinajstić information content (AvgIpc) is 3.36. The summed E-state index contributed by atoms with van der Waals surface area (Å²) < 4.78 is 0. The summed E-state index contributed by atoms with van der Waals surface area (Å²) in [6.07, 6.45) is 8.27. The van der Waals surface area contributed by atoms with E-state index >= 15 is 0 Å². The summed E-state index contributed by atoms with van der Waals surface area (Å²) in [4.78, 5) is 28.2. The van der Waals surface area contributed by atoms with E-state index in [2.05, 4.69) is 5.32 Å². The maximum Gasteiger partial charge on any atom is 0.255 e. The maximum atomic E-state index is 13.5. The quantitative estimate of drug-likeness (QED) is 0.876. The fraction of sp³-hybridized carbons (Fsp3) is 0.619. The third-order valence-electron chi connectivity index (χ3n) is 5.92. The van der Waals surface area contributed by atoms with Crippen molar-refractivity contribution in [3.05, 3.63) is 35.4 Å². The van der Waals surface area contributed by atoms with Gasteiger partial charge in [0.2, 0.25) is 5.91 Å². The van der Waals surface area contributed by atoms with Crippen LogP contribution in [-0.4, -0.2) is 39.9 Å². The molecule has 1 saturated heterocycles. The Kier molecular flexibility index (Phi) is 5.25. The lowest BCUT2D eigenvalue weighted by atomic mass is 9.88. The van der Waals surface area contributed by atoms with Gasteiger partial charge in [-0.25, -0.2) is 0 Å². The van der Waals surface area contributed by atoms with Gasteiger partial charge in [0.1, 0.15) is 6.04 Å².